The number of nitrogens with zero attached hydrogens (tertiary/aromatic N) is 1. The number of para-hydroxylation sites is 2. The molecule has 1 N–H and O–H groups in total. The van der Waals surface area contributed by atoms with Crippen molar-refractivity contribution in [2.75, 3.05) is 10.2 Å². The molecular formula is C61H52BIN2. The number of anilines is 5. The van der Waals surface area contributed by atoms with Gasteiger partial charge >= 0.3 is 0 Å². The number of halogens is 1. The van der Waals surface area contributed by atoms with E-state index in [1.165, 1.54) is 92.7 Å². The molecule has 3 aliphatic rings. The van der Waals surface area contributed by atoms with Gasteiger partial charge < -0.3 is 10.2 Å². The van der Waals surface area contributed by atoms with Crippen molar-refractivity contribution in [2.24, 2.45) is 0 Å². The number of rotatable bonds is 8. The molecule has 11 rings (SSSR count). The molecule has 0 saturated heterocycles. The van der Waals surface area contributed by atoms with Gasteiger partial charge in [-0.15, -0.1) is 0 Å². The minimum atomic E-state index is -0.556. The lowest BCUT2D eigenvalue weighted by atomic mass is 9.60. The second-order valence-electron chi connectivity index (χ2n) is 18.5. The standard InChI is InChI=1S/C61H52BIN2/c1-39-19-12-13-24-46(39)48-35-45(36-49(40(48)2)51-37-55-50(47-25-14-15-26-52(47)60(55,3)4)38-57(51)64-44-33-31-43(63)32-34-44)65-58-30-17-16-27-53(58)61(41-20-8-6-9-21-41,42-22-10-7-11-23-42)54-28-18-29-56(62-5)59(54)65/h6-14,16-25,27-38,62,64H,15,26H2,1-5H3. The van der Waals surface area contributed by atoms with E-state index in [0.29, 0.717) is 0 Å². The van der Waals surface area contributed by atoms with E-state index in [0.717, 1.165) is 37.2 Å². The zero-order chi connectivity index (χ0) is 44.5. The van der Waals surface area contributed by atoms with Crippen LogP contribution in [0, 0.1) is 17.4 Å². The lowest BCUT2D eigenvalue weighted by Crippen LogP contribution is -2.40. The van der Waals surface area contributed by atoms with Crippen molar-refractivity contribution in [1.82, 2.24) is 0 Å². The molecule has 65 heavy (non-hydrogen) atoms. The van der Waals surface area contributed by atoms with Crippen LogP contribution in [0.25, 0.3) is 27.8 Å². The van der Waals surface area contributed by atoms with E-state index in [1.807, 2.05) is 0 Å². The zero-order valence-corrected chi connectivity index (χ0v) is 40.0. The van der Waals surface area contributed by atoms with Gasteiger partial charge in [-0.3, -0.25) is 0 Å². The first-order valence-corrected chi connectivity index (χ1v) is 24.2. The molecule has 0 fully saturated rings. The predicted octanol–water partition coefficient (Wildman–Crippen LogP) is 15.7. The fourth-order valence-corrected chi connectivity index (χ4v) is 11.8. The Morgan fingerprint density at radius 2 is 1.25 bits per heavy atom. The maximum Gasteiger partial charge on any atom is 0.157 e. The lowest BCUT2D eigenvalue weighted by Gasteiger charge is -2.47. The van der Waals surface area contributed by atoms with Gasteiger partial charge in [0.2, 0.25) is 0 Å². The third kappa shape index (κ3) is 6.58. The number of aryl methyl sites for hydroxylation is 1. The molecule has 8 aromatic carbocycles. The Bertz CT molecular complexity index is 3180. The van der Waals surface area contributed by atoms with E-state index in [-0.39, 0.29) is 5.41 Å². The fourth-order valence-electron chi connectivity index (χ4n) is 11.5. The molecule has 0 spiro atoms. The Kier molecular flexibility index (Phi) is 10.3. The van der Waals surface area contributed by atoms with Crippen molar-refractivity contribution >= 4 is 69.3 Å². The summed E-state index contributed by atoms with van der Waals surface area (Å²) >= 11 is 2.40. The van der Waals surface area contributed by atoms with Crippen molar-refractivity contribution in [2.45, 2.75) is 58.2 Å². The summed E-state index contributed by atoms with van der Waals surface area (Å²) in [4.78, 5) is 2.60. The van der Waals surface area contributed by atoms with Crippen LogP contribution >= 0.6 is 22.6 Å². The number of nitrogens with one attached hydrogen (secondary N) is 1. The molecule has 4 heteroatoms. The Hall–Kier alpha value is -6.37. The van der Waals surface area contributed by atoms with Crippen molar-refractivity contribution in [3.8, 4) is 22.3 Å². The summed E-state index contributed by atoms with van der Waals surface area (Å²) in [5.74, 6) is 0. The van der Waals surface area contributed by atoms with Crippen LogP contribution < -0.4 is 15.7 Å². The maximum atomic E-state index is 3.98. The predicted molar refractivity (Wildman–Crippen MR) is 287 cm³/mol. The lowest BCUT2D eigenvalue weighted by molar-refractivity contribution is 0.607. The fraction of sp³-hybridized carbons (Fsp3) is 0.148. The van der Waals surface area contributed by atoms with Crippen LogP contribution in [0.1, 0.15) is 71.2 Å². The number of allylic oxidation sites excluding steroid dienone is 4. The highest BCUT2D eigenvalue weighted by atomic mass is 127. The highest BCUT2D eigenvalue weighted by Crippen LogP contribution is 2.59. The van der Waals surface area contributed by atoms with Crippen LogP contribution in [-0.2, 0) is 10.8 Å². The van der Waals surface area contributed by atoms with Gasteiger partial charge in [0.25, 0.3) is 0 Å². The molecule has 0 unspecified atom stereocenters. The van der Waals surface area contributed by atoms with E-state index < -0.39 is 5.41 Å². The van der Waals surface area contributed by atoms with Gasteiger partial charge in [0.15, 0.2) is 7.28 Å². The van der Waals surface area contributed by atoms with E-state index in [2.05, 4.69) is 255 Å². The van der Waals surface area contributed by atoms with Crippen LogP contribution in [0.4, 0.5) is 28.4 Å². The minimum Gasteiger partial charge on any atom is -0.355 e. The summed E-state index contributed by atoms with van der Waals surface area (Å²) in [6.45, 7) is 11.8. The average Bonchev–Trinajstić information content (AvgIpc) is 3.56. The summed E-state index contributed by atoms with van der Waals surface area (Å²) in [6, 6.07) is 66.2. The van der Waals surface area contributed by atoms with Gasteiger partial charge in [0.05, 0.1) is 11.1 Å². The monoisotopic (exact) mass is 950 g/mol. The van der Waals surface area contributed by atoms with Gasteiger partial charge in [-0.1, -0.05) is 165 Å². The summed E-state index contributed by atoms with van der Waals surface area (Å²) in [6.07, 6.45) is 6.92. The molecule has 2 aliphatic carbocycles. The van der Waals surface area contributed by atoms with E-state index in [1.54, 1.807) is 5.57 Å². The van der Waals surface area contributed by atoms with Crippen LogP contribution in [0.3, 0.4) is 0 Å². The van der Waals surface area contributed by atoms with Crippen LogP contribution in [-0.4, -0.2) is 7.28 Å². The molecule has 0 saturated carbocycles. The van der Waals surface area contributed by atoms with E-state index >= 15 is 0 Å². The first-order chi connectivity index (χ1) is 31.7. The average molecular weight is 951 g/mol. The third-order valence-electron chi connectivity index (χ3n) is 14.6. The maximum absolute atomic E-state index is 3.98. The number of fused-ring (bicyclic) bond motifs is 4. The summed E-state index contributed by atoms with van der Waals surface area (Å²) < 4.78 is 1.22. The van der Waals surface area contributed by atoms with Crippen molar-refractivity contribution in [3.63, 3.8) is 0 Å². The smallest absolute Gasteiger partial charge is 0.157 e. The molecule has 0 atom stereocenters. The van der Waals surface area contributed by atoms with Crippen LogP contribution in [0.15, 0.2) is 194 Å². The summed E-state index contributed by atoms with van der Waals surface area (Å²) in [7, 11) is 0.890. The van der Waals surface area contributed by atoms with Crippen molar-refractivity contribution < 1.29 is 0 Å². The van der Waals surface area contributed by atoms with Gasteiger partial charge in [-0.25, -0.2) is 0 Å². The number of hydrogen-bond donors (Lipinski definition) is 1. The minimum absolute atomic E-state index is 0.0884. The summed E-state index contributed by atoms with van der Waals surface area (Å²) in [5.41, 5.74) is 24.7. The normalized spacial score (nSPS) is 15.2. The Morgan fingerprint density at radius 1 is 0.600 bits per heavy atom. The highest BCUT2D eigenvalue weighted by Gasteiger charge is 2.47. The molecule has 0 aromatic heterocycles. The highest BCUT2D eigenvalue weighted by molar-refractivity contribution is 14.1. The Balaban J connectivity index is 1.23. The first kappa shape index (κ1) is 41.3. The molecule has 1 heterocycles. The van der Waals surface area contributed by atoms with Crippen LogP contribution in [0.2, 0.25) is 6.82 Å². The molecular weight excluding hydrogens is 898 g/mol. The van der Waals surface area contributed by atoms with E-state index in [4.69, 9.17) is 0 Å². The molecule has 1 aliphatic heterocycles. The number of hydrogen-bond acceptors (Lipinski definition) is 2. The quantitative estimate of drug-likeness (QED) is 0.121. The van der Waals surface area contributed by atoms with Gasteiger partial charge in [-0.2, -0.15) is 0 Å². The molecule has 8 aromatic rings. The largest absolute Gasteiger partial charge is 0.355 e. The third-order valence-corrected chi connectivity index (χ3v) is 15.4. The first-order valence-electron chi connectivity index (χ1n) is 23.2. The molecule has 0 amide bonds. The second kappa shape index (κ2) is 16.3. The molecule has 316 valence electrons. The molecule has 0 radical (unpaired) electrons. The topological polar surface area (TPSA) is 15.3 Å². The Labute approximate surface area is 399 Å². The second-order valence-corrected chi connectivity index (χ2v) is 19.8. The zero-order valence-electron chi connectivity index (χ0n) is 37.8. The van der Waals surface area contributed by atoms with E-state index in [9.17, 15) is 0 Å². The Morgan fingerprint density at radius 3 is 1.95 bits per heavy atom. The van der Waals surface area contributed by atoms with Crippen LogP contribution in [0.5, 0.6) is 0 Å². The van der Waals surface area contributed by atoms with Crippen molar-refractivity contribution in [1.29, 1.82) is 0 Å². The molecule has 2 nitrogen and oxygen atoms in total. The summed E-state index contributed by atoms with van der Waals surface area (Å²) in [5, 5.41) is 3.98. The van der Waals surface area contributed by atoms with Gasteiger partial charge in [0, 0.05) is 37.3 Å². The van der Waals surface area contributed by atoms with Crippen molar-refractivity contribution in [3.05, 3.63) is 242 Å². The SMILES string of the molecule is CBc1cccc2c1N(c1cc(-c3ccccc3C)c(C)c(-c3cc4c(cc3Nc3ccc(I)cc3)C3=C(CCC=C3)C4(C)C)c1)c1ccccc1C2(c1ccccc1)c1ccccc1. The van der Waals surface area contributed by atoms with Gasteiger partial charge in [-0.05, 0) is 171 Å². The molecule has 0 bridgehead atoms. The van der Waals surface area contributed by atoms with Gasteiger partial charge in [0.1, 0.15) is 0 Å². The number of benzene rings is 8.